The number of carbonyl (C=O) groups is 1. The molecule has 0 radical (unpaired) electrons. The Morgan fingerprint density at radius 3 is 2.04 bits per heavy atom. The van der Waals surface area contributed by atoms with Crippen LogP contribution in [0, 0.1) is 0 Å². The van der Waals surface area contributed by atoms with Crippen molar-refractivity contribution < 1.29 is 4.79 Å². The lowest BCUT2D eigenvalue weighted by Crippen LogP contribution is -2.26. The van der Waals surface area contributed by atoms with Crippen LogP contribution in [-0.2, 0) is 0 Å². The molecule has 2 aromatic carbocycles. The van der Waals surface area contributed by atoms with Crippen LogP contribution in [0.5, 0.6) is 0 Å². The van der Waals surface area contributed by atoms with E-state index in [0.29, 0.717) is 11.1 Å². The van der Waals surface area contributed by atoms with E-state index in [9.17, 15) is 4.79 Å². The van der Waals surface area contributed by atoms with E-state index in [1.807, 2.05) is 48.5 Å². The predicted molar refractivity (Wildman–Crippen MR) is 111 cm³/mol. The van der Waals surface area contributed by atoms with Gasteiger partial charge in [0.1, 0.15) is 0 Å². The summed E-state index contributed by atoms with van der Waals surface area (Å²) >= 11 is 0. The molecule has 0 amide bonds. The van der Waals surface area contributed by atoms with Crippen LogP contribution in [0.3, 0.4) is 0 Å². The average molecular weight is 385 g/mol. The van der Waals surface area contributed by atoms with Gasteiger partial charge in [-0.3, -0.25) is 14.8 Å². The number of ketones is 1. The molecule has 0 unspecified atom stereocenters. The van der Waals surface area contributed by atoms with Crippen molar-refractivity contribution in [2.45, 2.75) is 0 Å². The highest BCUT2D eigenvalue weighted by molar-refractivity contribution is 6.10. The van der Waals surface area contributed by atoms with Gasteiger partial charge in [0.2, 0.25) is 0 Å². The number of hydrogen-bond donors (Lipinski definition) is 4. The SMILES string of the molecule is Cl.O=C(c1ccc(NC2=NCCN2)cc1)c1cccc(NC2=NCCN2)c1. The summed E-state index contributed by atoms with van der Waals surface area (Å²) in [4.78, 5) is 21.4. The highest BCUT2D eigenvalue weighted by Gasteiger charge is 2.12. The van der Waals surface area contributed by atoms with E-state index in [2.05, 4.69) is 31.3 Å². The summed E-state index contributed by atoms with van der Waals surface area (Å²) in [6.07, 6.45) is 0. The second-order valence-electron chi connectivity index (χ2n) is 6.05. The third kappa shape index (κ3) is 4.57. The Kier molecular flexibility index (Phi) is 5.93. The fourth-order valence-electron chi connectivity index (χ4n) is 2.85. The molecule has 2 aromatic rings. The first-order valence-corrected chi connectivity index (χ1v) is 8.63. The molecule has 4 N–H and O–H groups in total. The number of aliphatic imine (C=N–C) groups is 2. The van der Waals surface area contributed by atoms with Crippen LogP contribution in [-0.4, -0.2) is 43.9 Å². The monoisotopic (exact) mass is 384 g/mol. The van der Waals surface area contributed by atoms with E-state index in [1.165, 1.54) is 0 Å². The number of rotatable bonds is 4. The van der Waals surface area contributed by atoms with Gasteiger partial charge in [-0.1, -0.05) is 12.1 Å². The molecule has 4 rings (SSSR count). The molecular formula is C19H21ClN6O. The van der Waals surface area contributed by atoms with Crippen molar-refractivity contribution in [1.82, 2.24) is 10.6 Å². The molecule has 0 aromatic heterocycles. The lowest BCUT2D eigenvalue weighted by Gasteiger charge is -2.09. The Bertz CT molecular complexity index is 878. The van der Waals surface area contributed by atoms with Gasteiger partial charge in [0.05, 0.1) is 13.1 Å². The smallest absolute Gasteiger partial charge is 0.195 e. The minimum Gasteiger partial charge on any atom is -0.354 e. The number of guanidine groups is 2. The molecule has 2 heterocycles. The molecule has 0 aliphatic carbocycles. The fourth-order valence-corrected chi connectivity index (χ4v) is 2.85. The first kappa shape index (κ1) is 18.7. The highest BCUT2D eigenvalue weighted by atomic mass is 35.5. The van der Waals surface area contributed by atoms with Gasteiger partial charge in [0.15, 0.2) is 17.7 Å². The second kappa shape index (κ2) is 8.55. The van der Waals surface area contributed by atoms with E-state index in [4.69, 9.17) is 0 Å². The van der Waals surface area contributed by atoms with E-state index in [-0.39, 0.29) is 18.2 Å². The molecule has 2 aliphatic rings. The Morgan fingerprint density at radius 2 is 1.44 bits per heavy atom. The summed E-state index contributed by atoms with van der Waals surface area (Å²) in [5.41, 5.74) is 3.02. The van der Waals surface area contributed by atoms with Crippen LogP contribution in [0.25, 0.3) is 0 Å². The molecule has 140 valence electrons. The number of benzene rings is 2. The van der Waals surface area contributed by atoms with Gasteiger partial charge in [-0.15, -0.1) is 12.4 Å². The summed E-state index contributed by atoms with van der Waals surface area (Å²) in [6, 6.07) is 14.9. The van der Waals surface area contributed by atoms with Gasteiger partial charge in [-0.05, 0) is 36.4 Å². The van der Waals surface area contributed by atoms with Crippen molar-refractivity contribution in [1.29, 1.82) is 0 Å². The number of hydrogen-bond acceptors (Lipinski definition) is 7. The Morgan fingerprint density at radius 1 is 0.815 bits per heavy atom. The molecule has 2 aliphatic heterocycles. The molecule has 0 bridgehead atoms. The maximum absolute atomic E-state index is 12.8. The molecule has 8 heteroatoms. The predicted octanol–water partition coefficient (Wildman–Crippen LogP) is 2.08. The zero-order chi connectivity index (χ0) is 17.8. The maximum atomic E-state index is 12.8. The Labute approximate surface area is 163 Å². The van der Waals surface area contributed by atoms with Crippen molar-refractivity contribution in [2.75, 3.05) is 36.8 Å². The van der Waals surface area contributed by atoms with Crippen LogP contribution in [0.15, 0.2) is 58.5 Å². The zero-order valence-corrected chi connectivity index (χ0v) is 15.5. The van der Waals surface area contributed by atoms with Gasteiger partial charge in [-0.25, -0.2) is 0 Å². The van der Waals surface area contributed by atoms with Crippen LogP contribution in [0.4, 0.5) is 11.4 Å². The Balaban J connectivity index is 0.00000210. The van der Waals surface area contributed by atoms with E-state index in [0.717, 1.165) is 49.5 Å². The molecule has 0 spiro atoms. The van der Waals surface area contributed by atoms with Gasteiger partial charge in [0, 0.05) is 35.6 Å². The van der Waals surface area contributed by atoms with Crippen molar-refractivity contribution >= 4 is 41.5 Å². The van der Waals surface area contributed by atoms with E-state index >= 15 is 0 Å². The lowest BCUT2D eigenvalue weighted by atomic mass is 10.0. The van der Waals surface area contributed by atoms with Crippen LogP contribution in [0.2, 0.25) is 0 Å². The number of nitrogens with one attached hydrogen (secondary N) is 4. The summed E-state index contributed by atoms with van der Waals surface area (Å²) in [5.74, 6) is 1.50. The van der Waals surface area contributed by atoms with Crippen molar-refractivity contribution in [3.63, 3.8) is 0 Å². The third-order valence-electron chi connectivity index (χ3n) is 4.15. The largest absolute Gasteiger partial charge is 0.354 e. The number of carbonyl (C=O) groups excluding carboxylic acids is 1. The van der Waals surface area contributed by atoms with Crippen molar-refractivity contribution in [3.8, 4) is 0 Å². The number of anilines is 2. The van der Waals surface area contributed by atoms with E-state index in [1.54, 1.807) is 0 Å². The first-order chi connectivity index (χ1) is 12.8. The van der Waals surface area contributed by atoms with Crippen molar-refractivity contribution in [2.24, 2.45) is 9.98 Å². The van der Waals surface area contributed by atoms with Crippen molar-refractivity contribution in [3.05, 3.63) is 59.7 Å². The zero-order valence-electron chi connectivity index (χ0n) is 14.7. The fraction of sp³-hybridized carbons (Fsp3) is 0.211. The maximum Gasteiger partial charge on any atom is 0.195 e. The molecule has 0 saturated heterocycles. The quantitative estimate of drug-likeness (QED) is 0.606. The average Bonchev–Trinajstić information content (AvgIpc) is 3.36. The van der Waals surface area contributed by atoms with Crippen LogP contribution < -0.4 is 21.3 Å². The van der Waals surface area contributed by atoms with Gasteiger partial charge >= 0.3 is 0 Å². The van der Waals surface area contributed by atoms with Gasteiger partial charge < -0.3 is 21.3 Å². The minimum absolute atomic E-state index is 0. The van der Waals surface area contributed by atoms with E-state index < -0.39 is 0 Å². The van der Waals surface area contributed by atoms with Gasteiger partial charge in [-0.2, -0.15) is 0 Å². The molecule has 0 saturated carbocycles. The topological polar surface area (TPSA) is 89.9 Å². The normalized spacial score (nSPS) is 15.0. The molecule has 0 fully saturated rings. The third-order valence-corrected chi connectivity index (χ3v) is 4.15. The van der Waals surface area contributed by atoms with Gasteiger partial charge in [0.25, 0.3) is 0 Å². The molecular weight excluding hydrogens is 364 g/mol. The lowest BCUT2D eigenvalue weighted by molar-refractivity contribution is 0.103. The highest BCUT2D eigenvalue weighted by Crippen LogP contribution is 2.17. The first-order valence-electron chi connectivity index (χ1n) is 8.63. The summed E-state index contributed by atoms with van der Waals surface area (Å²) in [5, 5.41) is 12.7. The van der Waals surface area contributed by atoms with Crippen LogP contribution in [0.1, 0.15) is 15.9 Å². The standard InChI is InChI=1S/C19H20N6O.ClH/c26-17(13-4-6-15(7-5-13)24-18-20-8-9-21-18)14-2-1-3-16(12-14)25-19-22-10-11-23-19;/h1-7,12H,8-11H2,(H2,20,21,24)(H2,22,23,25);1H. The molecule has 0 atom stereocenters. The Hall–Kier alpha value is -3.06. The summed E-state index contributed by atoms with van der Waals surface area (Å²) < 4.78 is 0. The molecule has 27 heavy (non-hydrogen) atoms. The molecule has 7 nitrogen and oxygen atoms in total. The number of halogens is 1. The van der Waals surface area contributed by atoms with Crippen LogP contribution >= 0.6 is 12.4 Å². The second-order valence-corrected chi connectivity index (χ2v) is 6.05. The minimum atomic E-state index is -0.0159. The number of nitrogens with zero attached hydrogens (tertiary/aromatic N) is 2. The summed E-state index contributed by atoms with van der Waals surface area (Å²) in [6.45, 7) is 3.24. The summed E-state index contributed by atoms with van der Waals surface area (Å²) in [7, 11) is 0.